The molecule has 2 heterocycles. The fourth-order valence-corrected chi connectivity index (χ4v) is 2.47. The third-order valence-electron chi connectivity index (χ3n) is 3.80. The molecule has 1 amide bonds. The number of hydrogen-bond acceptors (Lipinski definition) is 7. The van der Waals surface area contributed by atoms with Crippen LogP contribution in [0, 0.1) is 11.6 Å². The molecule has 0 bridgehead atoms. The van der Waals surface area contributed by atoms with Crippen LogP contribution in [0.4, 0.5) is 20.3 Å². The number of hydrogen-bond donors (Lipinski definition) is 2. The second-order valence-corrected chi connectivity index (χ2v) is 5.42. The molecule has 1 aromatic carbocycles. The van der Waals surface area contributed by atoms with Crippen molar-refractivity contribution in [3.8, 4) is 0 Å². The van der Waals surface area contributed by atoms with E-state index < -0.39 is 34.8 Å². The van der Waals surface area contributed by atoms with Crippen molar-refractivity contribution in [1.82, 2.24) is 15.5 Å². The van der Waals surface area contributed by atoms with Gasteiger partial charge in [-0.1, -0.05) is 0 Å². The van der Waals surface area contributed by atoms with Crippen molar-refractivity contribution in [3.05, 3.63) is 47.2 Å². The molecular weight excluding hydrogens is 348 g/mol. The highest BCUT2D eigenvalue weighted by atomic mass is 19.1. The third-order valence-corrected chi connectivity index (χ3v) is 3.80. The predicted octanol–water partition coefficient (Wildman–Crippen LogP) is 1.16. The van der Waals surface area contributed by atoms with Gasteiger partial charge in [0.2, 0.25) is 0 Å². The van der Waals surface area contributed by atoms with E-state index in [1.807, 2.05) is 4.90 Å². The number of carbonyl (C=O) groups excluding carboxylic acids is 2. The number of carbonyl (C=O) groups is 2. The smallest absolute Gasteiger partial charge is 0.343 e. The summed E-state index contributed by atoms with van der Waals surface area (Å²) in [6.07, 6.45) is 0. The first-order valence-corrected chi connectivity index (χ1v) is 7.68. The minimum atomic E-state index is -1.11. The number of nitrogens with zero attached hydrogens (tertiary/aromatic N) is 3. The Kier molecular flexibility index (Phi) is 5.03. The third kappa shape index (κ3) is 3.45. The summed E-state index contributed by atoms with van der Waals surface area (Å²) < 4.78 is 32.4. The van der Waals surface area contributed by atoms with Crippen LogP contribution >= 0.6 is 0 Å². The van der Waals surface area contributed by atoms with Crippen LogP contribution in [0.2, 0.25) is 0 Å². The van der Waals surface area contributed by atoms with E-state index >= 15 is 0 Å². The molecule has 0 atom stereocenters. The van der Waals surface area contributed by atoms with E-state index in [0.29, 0.717) is 12.5 Å². The fraction of sp³-hybridized carbons (Fsp3) is 0.250. The molecule has 8 nitrogen and oxygen atoms in total. The quantitative estimate of drug-likeness (QED) is 0.787. The summed E-state index contributed by atoms with van der Waals surface area (Å²) in [6.45, 7) is 2.20. The maximum Gasteiger partial charge on any atom is 0.343 e. The lowest BCUT2D eigenvalue weighted by molar-refractivity contribution is 0.0596. The van der Waals surface area contributed by atoms with Gasteiger partial charge >= 0.3 is 5.97 Å². The molecule has 0 aliphatic carbocycles. The first kappa shape index (κ1) is 17.7. The van der Waals surface area contributed by atoms with Gasteiger partial charge in [-0.2, -0.15) is 0 Å². The highest BCUT2D eigenvalue weighted by Gasteiger charge is 2.24. The Hall–Kier alpha value is -3.14. The Bertz CT molecular complexity index is 839. The van der Waals surface area contributed by atoms with E-state index in [4.69, 9.17) is 0 Å². The van der Waals surface area contributed by atoms with Crippen LogP contribution in [0.5, 0.6) is 0 Å². The van der Waals surface area contributed by atoms with E-state index in [1.54, 1.807) is 6.07 Å². The van der Waals surface area contributed by atoms with Crippen LogP contribution in [0.15, 0.2) is 24.3 Å². The topological polar surface area (TPSA) is 96.5 Å². The van der Waals surface area contributed by atoms with Gasteiger partial charge in [-0.3, -0.25) is 10.1 Å². The normalized spacial score (nSPS) is 13.6. The summed E-state index contributed by atoms with van der Waals surface area (Å²) in [7, 11) is 1.02. The van der Waals surface area contributed by atoms with Crippen LogP contribution in [-0.2, 0) is 4.74 Å². The van der Waals surface area contributed by atoms with Gasteiger partial charge in [0.25, 0.3) is 5.91 Å². The summed E-state index contributed by atoms with van der Waals surface area (Å²) in [6, 6.07) is 4.57. The standard InChI is InChI=1S/C16H15F2N5O3/c1-26-16(25)13-9(17)2-3-10(18)14(13)20-15(24)11-4-5-12(22-21-11)23-7-6-19-8-23/h2-5,19H,6-8H2,1H3,(H,20,24). The molecular formula is C16H15F2N5O3. The lowest BCUT2D eigenvalue weighted by Gasteiger charge is -2.14. The van der Waals surface area contributed by atoms with Gasteiger partial charge in [-0.25, -0.2) is 13.6 Å². The molecule has 1 aliphatic heterocycles. The van der Waals surface area contributed by atoms with E-state index in [2.05, 4.69) is 25.6 Å². The molecule has 10 heteroatoms. The minimum absolute atomic E-state index is 0.111. The maximum absolute atomic E-state index is 14.0. The Morgan fingerprint density at radius 3 is 2.58 bits per heavy atom. The van der Waals surface area contributed by atoms with Crippen LogP contribution < -0.4 is 15.5 Å². The van der Waals surface area contributed by atoms with Crippen molar-refractivity contribution >= 4 is 23.4 Å². The van der Waals surface area contributed by atoms with E-state index in [9.17, 15) is 18.4 Å². The van der Waals surface area contributed by atoms with Crippen molar-refractivity contribution in [2.75, 3.05) is 37.1 Å². The number of esters is 1. The monoisotopic (exact) mass is 363 g/mol. The summed E-state index contributed by atoms with van der Waals surface area (Å²) in [5.74, 6) is -3.36. The van der Waals surface area contributed by atoms with Gasteiger partial charge in [-0.05, 0) is 24.3 Å². The van der Waals surface area contributed by atoms with Crippen LogP contribution in [0.3, 0.4) is 0 Å². The Morgan fingerprint density at radius 2 is 1.96 bits per heavy atom. The van der Waals surface area contributed by atoms with Crippen LogP contribution in [-0.4, -0.2) is 48.9 Å². The lowest BCUT2D eigenvalue weighted by Crippen LogP contribution is -2.23. The van der Waals surface area contributed by atoms with Gasteiger partial charge in [0.15, 0.2) is 11.5 Å². The molecule has 2 aromatic rings. The highest BCUT2D eigenvalue weighted by Crippen LogP contribution is 2.24. The number of benzene rings is 1. The molecule has 0 spiro atoms. The number of aromatic nitrogens is 2. The Balaban J connectivity index is 1.84. The average Bonchev–Trinajstić information content (AvgIpc) is 3.19. The SMILES string of the molecule is COC(=O)c1c(F)ccc(F)c1NC(=O)c1ccc(N2CCNC2)nn1. The van der Waals surface area contributed by atoms with Crippen LogP contribution in [0.1, 0.15) is 20.8 Å². The van der Waals surface area contributed by atoms with Gasteiger partial charge in [0.1, 0.15) is 17.2 Å². The number of anilines is 2. The highest BCUT2D eigenvalue weighted by molar-refractivity contribution is 6.07. The molecule has 1 aromatic heterocycles. The summed E-state index contributed by atoms with van der Waals surface area (Å²) >= 11 is 0. The fourth-order valence-electron chi connectivity index (χ4n) is 2.47. The van der Waals surface area contributed by atoms with Gasteiger partial charge < -0.3 is 15.0 Å². The van der Waals surface area contributed by atoms with Crippen molar-refractivity contribution < 1.29 is 23.1 Å². The predicted molar refractivity (Wildman–Crippen MR) is 87.9 cm³/mol. The lowest BCUT2D eigenvalue weighted by atomic mass is 10.1. The molecule has 3 rings (SSSR count). The van der Waals surface area contributed by atoms with E-state index in [0.717, 1.165) is 32.3 Å². The number of nitrogens with one attached hydrogen (secondary N) is 2. The zero-order valence-electron chi connectivity index (χ0n) is 13.8. The number of rotatable bonds is 4. The molecule has 2 N–H and O–H groups in total. The summed E-state index contributed by atoms with van der Waals surface area (Å²) in [5.41, 5.74) is -1.43. The van der Waals surface area contributed by atoms with Crippen LogP contribution in [0.25, 0.3) is 0 Å². The zero-order chi connectivity index (χ0) is 18.7. The number of ether oxygens (including phenoxy) is 1. The van der Waals surface area contributed by atoms with Crippen molar-refractivity contribution in [1.29, 1.82) is 0 Å². The number of methoxy groups -OCH3 is 1. The molecule has 26 heavy (non-hydrogen) atoms. The number of halogens is 2. The first-order valence-electron chi connectivity index (χ1n) is 7.68. The molecule has 136 valence electrons. The second kappa shape index (κ2) is 7.40. The van der Waals surface area contributed by atoms with Gasteiger partial charge in [-0.15, -0.1) is 10.2 Å². The Morgan fingerprint density at radius 1 is 1.19 bits per heavy atom. The van der Waals surface area contributed by atoms with E-state index in [1.165, 1.54) is 6.07 Å². The largest absolute Gasteiger partial charge is 0.465 e. The van der Waals surface area contributed by atoms with Crippen molar-refractivity contribution in [3.63, 3.8) is 0 Å². The van der Waals surface area contributed by atoms with Crippen molar-refractivity contribution in [2.24, 2.45) is 0 Å². The summed E-state index contributed by atoms with van der Waals surface area (Å²) in [5, 5.41) is 13.0. The second-order valence-electron chi connectivity index (χ2n) is 5.42. The maximum atomic E-state index is 14.0. The molecule has 0 saturated carbocycles. The molecule has 1 aliphatic rings. The molecule has 1 fully saturated rings. The molecule has 0 unspecified atom stereocenters. The van der Waals surface area contributed by atoms with Gasteiger partial charge in [0, 0.05) is 13.1 Å². The Labute approximate surface area is 147 Å². The zero-order valence-corrected chi connectivity index (χ0v) is 13.8. The summed E-state index contributed by atoms with van der Waals surface area (Å²) in [4.78, 5) is 25.9. The van der Waals surface area contributed by atoms with Crippen molar-refractivity contribution in [2.45, 2.75) is 0 Å². The number of amides is 1. The minimum Gasteiger partial charge on any atom is -0.465 e. The van der Waals surface area contributed by atoms with Gasteiger partial charge in [0.05, 0.1) is 19.5 Å². The molecule has 1 saturated heterocycles. The average molecular weight is 363 g/mol. The van der Waals surface area contributed by atoms with E-state index in [-0.39, 0.29) is 5.69 Å². The first-order chi connectivity index (χ1) is 12.5. The molecule has 0 radical (unpaired) electrons.